The molecule has 1 aromatic heterocycles. The van der Waals surface area contributed by atoms with Gasteiger partial charge in [0.1, 0.15) is 5.75 Å². The zero-order valence-electron chi connectivity index (χ0n) is 15.4. The minimum atomic E-state index is -0.189. The van der Waals surface area contributed by atoms with Gasteiger partial charge in [-0.1, -0.05) is 15.9 Å². The Labute approximate surface area is 171 Å². The Morgan fingerprint density at radius 3 is 2.46 bits per heavy atom. The van der Waals surface area contributed by atoms with Crippen molar-refractivity contribution < 1.29 is 9.53 Å². The average Bonchev–Trinajstić information content (AvgIpc) is 2.71. The lowest BCUT2D eigenvalue weighted by Crippen LogP contribution is -2.23. The Bertz CT molecular complexity index is 999. The quantitative estimate of drug-likeness (QED) is 0.598. The molecule has 0 aliphatic carbocycles. The molecule has 0 unspecified atom stereocenters. The third-order valence-corrected chi connectivity index (χ3v) is 4.68. The van der Waals surface area contributed by atoms with Crippen molar-refractivity contribution in [1.82, 2.24) is 9.78 Å². The van der Waals surface area contributed by atoms with Crippen molar-refractivity contribution in [2.45, 2.75) is 19.4 Å². The predicted molar refractivity (Wildman–Crippen MR) is 112 cm³/mol. The van der Waals surface area contributed by atoms with Gasteiger partial charge < -0.3 is 10.1 Å². The summed E-state index contributed by atoms with van der Waals surface area (Å²) in [5.74, 6) is 0.663. The van der Waals surface area contributed by atoms with Gasteiger partial charge in [0.05, 0.1) is 12.8 Å². The van der Waals surface area contributed by atoms with Crippen LogP contribution in [0.4, 0.5) is 5.69 Å². The SMILES string of the molecule is COc1ccc(-c2ccc(=O)n(CCCC(=O)Nc3ccc(Br)cc3)n2)cc1. The van der Waals surface area contributed by atoms with Crippen molar-refractivity contribution in [3.05, 3.63) is 75.5 Å². The van der Waals surface area contributed by atoms with Crippen LogP contribution in [0.15, 0.2) is 69.9 Å². The Kier molecular flexibility index (Phi) is 6.60. The second-order valence-corrected chi connectivity index (χ2v) is 7.08. The maximum atomic E-state index is 12.1. The van der Waals surface area contributed by atoms with Crippen LogP contribution >= 0.6 is 15.9 Å². The van der Waals surface area contributed by atoms with Crippen molar-refractivity contribution in [3.63, 3.8) is 0 Å². The molecule has 0 radical (unpaired) electrons. The van der Waals surface area contributed by atoms with Gasteiger partial charge in [0, 0.05) is 34.8 Å². The van der Waals surface area contributed by atoms with Gasteiger partial charge in [-0.15, -0.1) is 0 Å². The van der Waals surface area contributed by atoms with Crippen molar-refractivity contribution in [2.75, 3.05) is 12.4 Å². The Hall–Kier alpha value is -2.93. The number of hydrogen-bond acceptors (Lipinski definition) is 4. The van der Waals surface area contributed by atoms with E-state index in [9.17, 15) is 9.59 Å². The smallest absolute Gasteiger partial charge is 0.266 e. The van der Waals surface area contributed by atoms with Crippen LogP contribution in [0.3, 0.4) is 0 Å². The van der Waals surface area contributed by atoms with Gasteiger partial charge in [0.25, 0.3) is 5.56 Å². The summed E-state index contributed by atoms with van der Waals surface area (Å²) >= 11 is 3.36. The number of ether oxygens (including phenoxy) is 1. The number of methoxy groups -OCH3 is 1. The van der Waals surface area contributed by atoms with E-state index in [1.54, 1.807) is 13.2 Å². The number of aromatic nitrogens is 2. The van der Waals surface area contributed by atoms with Gasteiger partial charge in [-0.25, -0.2) is 4.68 Å². The number of aryl methyl sites for hydroxylation is 1. The van der Waals surface area contributed by atoms with Crippen LogP contribution in [0, 0.1) is 0 Å². The van der Waals surface area contributed by atoms with Crippen molar-refractivity contribution in [1.29, 1.82) is 0 Å². The number of rotatable bonds is 7. The molecule has 1 N–H and O–H groups in total. The zero-order valence-corrected chi connectivity index (χ0v) is 17.0. The van der Waals surface area contributed by atoms with E-state index in [0.717, 1.165) is 21.5 Å². The number of benzene rings is 2. The number of nitrogens with one attached hydrogen (secondary N) is 1. The second-order valence-electron chi connectivity index (χ2n) is 6.17. The second kappa shape index (κ2) is 9.32. The Balaban J connectivity index is 1.59. The number of nitrogens with zero attached hydrogens (tertiary/aromatic N) is 2. The number of amides is 1. The van der Waals surface area contributed by atoms with Gasteiger partial charge in [0.2, 0.25) is 5.91 Å². The van der Waals surface area contributed by atoms with E-state index in [4.69, 9.17) is 4.74 Å². The molecule has 7 heteroatoms. The number of carbonyl (C=O) groups is 1. The van der Waals surface area contributed by atoms with Crippen molar-refractivity contribution in [2.24, 2.45) is 0 Å². The normalized spacial score (nSPS) is 10.5. The highest BCUT2D eigenvalue weighted by atomic mass is 79.9. The molecule has 0 aliphatic rings. The van der Waals surface area contributed by atoms with Crippen LogP contribution in [0.2, 0.25) is 0 Å². The molecular weight excluding hydrogens is 422 g/mol. The lowest BCUT2D eigenvalue weighted by molar-refractivity contribution is -0.116. The lowest BCUT2D eigenvalue weighted by atomic mass is 10.1. The number of hydrogen-bond donors (Lipinski definition) is 1. The van der Waals surface area contributed by atoms with Gasteiger partial charge in [-0.3, -0.25) is 9.59 Å². The molecule has 3 aromatic rings. The first-order valence-corrected chi connectivity index (χ1v) is 9.62. The average molecular weight is 442 g/mol. The number of anilines is 1. The lowest BCUT2D eigenvalue weighted by Gasteiger charge is -2.08. The highest BCUT2D eigenvalue weighted by Crippen LogP contribution is 2.19. The minimum Gasteiger partial charge on any atom is -0.497 e. The Morgan fingerprint density at radius 2 is 1.79 bits per heavy atom. The van der Waals surface area contributed by atoms with E-state index in [1.807, 2.05) is 48.5 Å². The first-order chi connectivity index (χ1) is 13.5. The fraction of sp³-hybridized carbons (Fsp3) is 0.190. The molecule has 0 spiro atoms. The van der Waals surface area contributed by atoms with Crippen LogP contribution in [0.25, 0.3) is 11.3 Å². The monoisotopic (exact) mass is 441 g/mol. The molecule has 3 rings (SSSR count). The fourth-order valence-corrected chi connectivity index (χ4v) is 2.94. The molecule has 144 valence electrons. The first-order valence-electron chi connectivity index (χ1n) is 8.83. The van der Waals surface area contributed by atoms with Crippen LogP contribution < -0.4 is 15.6 Å². The van der Waals surface area contributed by atoms with E-state index in [1.165, 1.54) is 10.7 Å². The standard InChI is InChI=1S/C21H20BrN3O3/c1-28-18-10-4-15(5-11-18)19-12-13-21(27)25(24-19)14-2-3-20(26)23-17-8-6-16(22)7-9-17/h4-13H,2-3,14H2,1H3,(H,23,26). The summed E-state index contributed by atoms with van der Waals surface area (Å²) in [4.78, 5) is 24.2. The topological polar surface area (TPSA) is 73.2 Å². The summed E-state index contributed by atoms with van der Waals surface area (Å²) in [6.07, 6.45) is 0.818. The molecule has 2 aromatic carbocycles. The van der Waals surface area contributed by atoms with Gasteiger partial charge in [-0.2, -0.15) is 5.10 Å². The van der Waals surface area contributed by atoms with Crippen molar-refractivity contribution in [3.8, 4) is 17.0 Å². The summed E-state index contributed by atoms with van der Waals surface area (Å²) in [6.45, 7) is 0.372. The molecule has 6 nitrogen and oxygen atoms in total. The summed E-state index contributed by atoms with van der Waals surface area (Å²) in [6, 6.07) is 18.0. The molecule has 0 aliphatic heterocycles. The van der Waals surface area contributed by atoms with Crippen LogP contribution in [-0.2, 0) is 11.3 Å². The first kappa shape index (κ1) is 19.8. The minimum absolute atomic E-state index is 0.0957. The van der Waals surface area contributed by atoms with E-state index in [2.05, 4.69) is 26.3 Å². The Morgan fingerprint density at radius 1 is 1.07 bits per heavy atom. The third kappa shape index (κ3) is 5.29. The number of carbonyl (C=O) groups excluding carboxylic acids is 1. The third-order valence-electron chi connectivity index (χ3n) is 4.15. The van der Waals surface area contributed by atoms with Gasteiger partial charge in [-0.05, 0) is 61.0 Å². The van der Waals surface area contributed by atoms with E-state index >= 15 is 0 Å². The van der Waals surface area contributed by atoms with Gasteiger partial charge in [0.15, 0.2) is 0 Å². The summed E-state index contributed by atoms with van der Waals surface area (Å²) in [5, 5.41) is 7.25. The molecule has 1 heterocycles. The number of halogens is 1. The molecule has 0 atom stereocenters. The molecule has 0 saturated heterocycles. The van der Waals surface area contributed by atoms with Crippen molar-refractivity contribution >= 4 is 27.5 Å². The van der Waals surface area contributed by atoms with E-state index in [-0.39, 0.29) is 11.5 Å². The molecule has 0 bridgehead atoms. The highest BCUT2D eigenvalue weighted by Gasteiger charge is 2.06. The zero-order chi connectivity index (χ0) is 19.9. The molecule has 28 heavy (non-hydrogen) atoms. The van der Waals surface area contributed by atoms with Gasteiger partial charge >= 0.3 is 0 Å². The highest BCUT2D eigenvalue weighted by molar-refractivity contribution is 9.10. The summed E-state index contributed by atoms with van der Waals surface area (Å²) < 4.78 is 7.50. The summed E-state index contributed by atoms with van der Waals surface area (Å²) in [7, 11) is 1.61. The van der Waals surface area contributed by atoms with Crippen LogP contribution in [-0.4, -0.2) is 22.8 Å². The maximum absolute atomic E-state index is 12.1. The van der Waals surface area contributed by atoms with E-state index in [0.29, 0.717) is 25.1 Å². The molecule has 0 saturated carbocycles. The van der Waals surface area contributed by atoms with Crippen LogP contribution in [0.1, 0.15) is 12.8 Å². The molecular formula is C21H20BrN3O3. The van der Waals surface area contributed by atoms with Crippen LogP contribution in [0.5, 0.6) is 5.75 Å². The maximum Gasteiger partial charge on any atom is 0.266 e. The van der Waals surface area contributed by atoms with E-state index < -0.39 is 0 Å². The largest absolute Gasteiger partial charge is 0.497 e. The molecule has 1 amide bonds. The fourth-order valence-electron chi connectivity index (χ4n) is 2.67. The predicted octanol–water partition coefficient (Wildman–Crippen LogP) is 4.10. The summed E-state index contributed by atoms with van der Waals surface area (Å²) in [5.41, 5.74) is 2.14. The molecule has 0 fully saturated rings.